The van der Waals surface area contributed by atoms with Gasteiger partial charge in [-0.1, -0.05) is 23.2 Å². The van der Waals surface area contributed by atoms with Crippen LogP contribution in [0.5, 0.6) is 0 Å². The number of rotatable bonds is 5. The van der Waals surface area contributed by atoms with Crippen LogP contribution >= 0.6 is 23.2 Å². The van der Waals surface area contributed by atoms with Crippen LogP contribution in [0.4, 0.5) is 10.1 Å². The van der Waals surface area contributed by atoms with Crippen LogP contribution in [-0.2, 0) is 17.8 Å². The van der Waals surface area contributed by atoms with Crippen LogP contribution in [0.3, 0.4) is 0 Å². The molecule has 5 rings (SSSR count). The number of aromatic amines is 1. The predicted molar refractivity (Wildman–Crippen MR) is 137 cm³/mol. The molecule has 190 valence electrons. The highest BCUT2D eigenvalue weighted by molar-refractivity contribution is 6.35. The summed E-state index contributed by atoms with van der Waals surface area (Å²) in [5.74, 6) is -0.411. The smallest absolute Gasteiger partial charge is 0.258 e. The number of fused-ring (bicyclic) bond motifs is 2. The number of carbonyl (C=O) groups is 1. The number of hydrogen-bond donors (Lipinski definition) is 3. The van der Waals surface area contributed by atoms with Crippen LogP contribution in [0.25, 0.3) is 10.9 Å². The summed E-state index contributed by atoms with van der Waals surface area (Å²) in [5, 5.41) is 13.8. The van der Waals surface area contributed by atoms with Crippen molar-refractivity contribution in [2.24, 2.45) is 0 Å². The molecule has 0 radical (unpaired) electrons. The minimum Gasteiger partial charge on any atom is -0.392 e. The number of amides is 1. The van der Waals surface area contributed by atoms with Crippen molar-refractivity contribution in [1.29, 1.82) is 0 Å². The number of benzene rings is 2. The van der Waals surface area contributed by atoms with E-state index in [9.17, 15) is 19.1 Å². The SMILES string of the molecule is CC1c2c(Cl)cc(Cl)cc2CCN1C(=O)CNc1cc2nc(CN3CC[C@H](O)C3)[nH]c(=O)c2cc1F. The molecule has 3 N–H and O–H groups in total. The molecule has 3 heterocycles. The maximum atomic E-state index is 14.8. The lowest BCUT2D eigenvalue weighted by Gasteiger charge is -2.36. The summed E-state index contributed by atoms with van der Waals surface area (Å²) in [6.45, 7) is 3.87. The Morgan fingerprint density at radius 2 is 2.08 bits per heavy atom. The second-order valence-corrected chi connectivity index (χ2v) is 10.2. The highest BCUT2D eigenvalue weighted by Crippen LogP contribution is 2.37. The minimum atomic E-state index is -0.646. The van der Waals surface area contributed by atoms with Crippen LogP contribution in [0, 0.1) is 5.82 Å². The number of halogens is 3. The van der Waals surface area contributed by atoms with Crippen LogP contribution in [0.2, 0.25) is 10.0 Å². The van der Waals surface area contributed by atoms with Crippen molar-refractivity contribution < 1.29 is 14.3 Å². The molecule has 1 aromatic heterocycles. The number of nitrogens with one attached hydrogen (secondary N) is 2. The molecule has 0 bridgehead atoms. The minimum absolute atomic E-state index is 0.0892. The molecular formula is C25H26Cl2FN5O3. The van der Waals surface area contributed by atoms with Gasteiger partial charge >= 0.3 is 0 Å². The molecule has 3 aromatic rings. The molecule has 0 spiro atoms. The van der Waals surface area contributed by atoms with Gasteiger partial charge in [0.1, 0.15) is 11.6 Å². The molecule has 0 aliphatic carbocycles. The van der Waals surface area contributed by atoms with Gasteiger partial charge in [-0.2, -0.15) is 0 Å². The molecule has 0 saturated carbocycles. The molecular weight excluding hydrogens is 508 g/mol. The lowest BCUT2D eigenvalue weighted by molar-refractivity contribution is -0.131. The third-order valence-electron chi connectivity index (χ3n) is 6.90. The number of aliphatic hydroxyl groups excluding tert-OH is 1. The van der Waals surface area contributed by atoms with Gasteiger partial charge in [0.05, 0.1) is 41.8 Å². The molecule has 2 aromatic carbocycles. The first kappa shape index (κ1) is 25.0. The summed E-state index contributed by atoms with van der Waals surface area (Å²) in [6, 6.07) is 5.87. The summed E-state index contributed by atoms with van der Waals surface area (Å²) >= 11 is 12.5. The molecule has 11 heteroatoms. The zero-order valence-corrected chi connectivity index (χ0v) is 21.2. The third kappa shape index (κ3) is 4.93. The lowest BCUT2D eigenvalue weighted by atomic mass is 9.93. The zero-order chi connectivity index (χ0) is 25.6. The Hall–Kier alpha value is -2.72. The fourth-order valence-electron chi connectivity index (χ4n) is 5.10. The molecule has 2 aliphatic heterocycles. The van der Waals surface area contributed by atoms with Gasteiger partial charge in [0.2, 0.25) is 5.91 Å². The number of hydrogen-bond acceptors (Lipinski definition) is 6. The van der Waals surface area contributed by atoms with Gasteiger partial charge in [-0.15, -0.1) is 0 Å². The van der Waals surface area contributed by atoms with E-state index in [4.69, 9.17) is 23.2 Å². The van der Waals surface area contributed by atoms with E-state index in [2.05, 4.69) is 15.3 Å². The van der Waals surface area contributed by atoms with Crippen LogP contribution in [0.1, 0.15) is 36.3 Å². The first-order valence-corrected chi connectivity index (χ1v) is 12.6. The maximum Gasteiger partial charge on any atom is 0.258 e. The average molecular weight is 534 g/mol. The fraction of sp³-hybridized carbons (Fsp3) is 0.400. The summed E-state index contributed by atoms with van der Waals surface area (Å²) in [6.07, 6.45) is 0.913. The Morgan fingerprint density at radius 1 is 1.28 bits per heavy atom. The van der Waals surface area contributed by atoms with Gasteiger partial charge in [0.25, 0.3) is 5.56 Å². The van der Waals surface area contributed by atoms with Crippen molar-refractivity contribution in [2.45, 2.75) is 38.5 Å². The van der Waals surface area contributed by atoms with Crippen molar-refractivity contribution in [3.63, 3.8) is 0 Å². The van der Waals surface area contributed by atoms with Crippen molar-refractivity contribution in [1.82, 2.24) is 19.8 Å². The number of H-pyrrole nitrogens is 1. The Kier molecular flexibility index (Phi) is 6.91. The molecule has 2 aliphatic rings. The number of carbonyl (C=O) groups excluding carboxylic acids is 1. The summed E-state index contributed by atoms with van der Waals surface area (Å²) in [4.78, 5) is 36.5. The van der Waals surface area contributed by atoms with E-state index in [0.717, 1.165) is 17.2 Å². The topological polar surface area (TPSA) is 102 Å². The van der Waals surface area contributed by atoms with Crippen LogP contribution in [0.15, 0.2) is 29.1 Å². The average Bonchev–Trinajstić information content (AvgIpc) is 3.22. The Morgan fingerprint density at radius 3 is 2.83 bits per heavy atom. The van der Waals surface area contributed by atoms with Gasteiger partial charge in [-0.05, 0) is 55.2 Å². The number of aliphatic hydroxyl groups is 1. The van der Waals surface area contributed by atoms with Gasteiger partial charge < -0.3 is 20.3 Å². The first-order valence-electron chi connectivity index (χ1n) is 11.8. The molecule has 2 atom stereocenters. The molecule has 1 unspecified atom stereocenters. The van der Waals surface area contributed by atoms with E-state index < -0.39 is 11.4 Å². The van der Waals surface area contributed by atoms with E-state index in [1.165, 1.54) is 6.07 Å². The van der Waals surface area contributed by atoms with Crippen molar-refractivity contribution >= 4 is 45.7 Å². The normalized spacial score (nSPS) is 20.1. The highest BCUT2D eigenvalue weighted by Gasteiger charge is 2.29. The Labute approximate surface area is 217 Å². The molecule has 1 fully saturated rings. The number of likely N-dealkylation sites (tertiary alicyclic amines) is 1. The monoisotopic (exact) mass is 533 g/mol. The molecule has 8 nitrogen and oxygen atoms in total. The standard InChI is InChI=1S/C25H26Cl2FN5O3/c1-13-24-14(6-15(26)7-18(24)27)2-5-33(13)23(35)10-29-21-9-20-17(8-19(21)28)25(36)31-22(30-20)12-32-4-3-16(34)11-32/h6-9,13,16,29,34H,2-5,10-12H2,1H3,(H,30,31,36)/t13?,16-/m0/s1. The molecule has 36 heavy (non-hydrogen) atoms. The summed E-state index contributed by atoms with van der Waals surface area (Å²) < 4.78 is 14.8. The largest absolute Gasteiger partial charge is 0.392 e. The first-order chi connectivity index (χ1) is 17.2. The van der Waals surface area contributed by atoms with Crippen molar-refractivity contribution in [2.75, 3.05) is 31.5 Å². The van der Waals surface area contributed by atoms with E-state index in [-0.39, 0.29) is 35.7 Å². The third-order valence-corrected chi connectivity index (χ3v) is 7.43. The second kappa shape index (κ2) is 9.97. The van der Waals surface area contributed by atoms with E-state index in [1.807, 2.05) is 17.9 Å². The van der Waals surface area contributed by atoms with E-state index in [1.54, 1.807) is 11.0 Å². The van der Waals surface area contributed by atoms with Gasteiger partial charge in [0, 0.05) is 29.7 Å². The van der Waals surface area contributed by atoms with Crippen LogP contribution in [-0.4, -0.2) is 63.1 Å². The lowest BCUT2D eigenvalue weighted by Crippen LogP contribution is -2.42. The predicted octanol–water partition coefficient (Wildman–Crippen LogP) is 3.49. The zero-order valence-electron chi connectivity index (χ0n) is 19.7. The van der Waals surface area contributed by atoms with E-state index >= 15 is 0 Å². The fourth-order valence-corrected chi connectivity index (χ4v) is 5.80. The van der Waals surface area contributed by atoms with Gasteiger partial charge in [-0.25, -0.2) is 9.37 Å². The second-order valence-electron chi connectivity index (χ2n) is 9.37. The van der Waals surface area contributed by atoms with Gasteiger partial charge in [0.15, 0.2) is 0 Å². The summed E-state index contributed by atoms with van der Waals surface area (Å²) in [7, 11) is 0. The number of nitrogens with zero attached hydrogens (tertiary/aromatic N) is 3. The molecule has 1 saturated heterocycles. The summed E-state index contributed by atoms with van der Waals surface area (Å²) in [5.41, 5.74) is 1.88. The van der Waals surface area contributed by atoms with E-state index in [0.29, 0.717) is 60.4 Å². The Balaban J connectivity index is 1.32. The number of aromatic nitrogens is 2. The van der Waals surface area contributed by atoms with Crippen LogP contribution < -0.4 is 10.9 Å². The maximum absolute atomic E-state index is 14.8. The van der Waals surface area contributed by atoms with Gasteiger partial charge in [-0.3, -0.25) is 14.5 Å². The van der Waals surface area contributed by atoms with Crippen molar-refractivity contribution in [3.8, 4) is 0 Å². The number of anilines is 1. The quantitative estimate of drug-likeness (QED) is 0.464. The van der Waals surface area contributed by atoms with Crippen molar-refractivity contribution in [3.05, 3.63) is 67.4 Å². The number of β-amino-alcohol motifs (C(OH)–C–C–N with tert-alkyl or cyclic N) is 1. The molecule has 1 amide bonds. The highest BCUT2D eigenvalue weighted by atomic mass is 35.5. The Bertz CT molecular complexity index is 1400.